The Bertz CT molecular complexity index is 321. The first-order chi connectivity index (χ1) is 6.90. The van der Waals surface area contributed by atoms with Crippen LogP contribution in [0.2, 0.25) is 0 Å². The van der Waals surface area contributed by atoms with Crippen LogP contribution in [0.1, 0.15) is 0 Å². The second-order valence-corrected chi connectivity index (χ2v) is 4.60. The lowest BCUT2D eigenvalue weighted by Gasteiger charge is -2.36. The normalized spacial score (nSPS) is 21.9. The smallest absolute Gasteiger partial charge is 0.172 e. The van der Waals surface area contributed by atoms with Gasteiger partial charge in [-0.2, -0.15) is 0 Å². The molecule has 0 heterocycles. The van der Waals surface area contributed by atoms with Gasteiger partial charge in [0, 0.05) is 11.6 Å². The van der Waals surface area contributed by atoms with Crippen molar-refractivity contribution in [1.29, 1.82) is 0 Å². The Labute approximate surface area is 91.9 Å². The molecule has 0 spiro atoms. The average molecular weight is 210 g/mol. The summed E-state index contributed by atoms with van der Waals surface area (Å²) in [7, 11) is 9.69. The molecule has 1 aliphatic rings. The standard InChI is InChI=1S/C12H20NO2/c1-9-7-10(14-5)8-11(15-6)12(9)13(2,3)4/h7-8,12H,1H2,2-6H3/q+1. The Kier molecular flexibility index (Phi) is 3.25. The van der Waals surface area contributed by atoms with Gasteiger partial charge in [0.05, 0.1) is 35.4 Å². The summed E-state index contributed by atoms with van der Waals surface area (Å²) in [6.07, 6.45) is 3.87. The summed E-state index contributed by atoms with van der Waals surface area (Å²) in [5, 5.41) is 0. The zero-order valence-electron chi connectivity index (χ0n) is 10.2. The molecule has 15 heavy (non-hydrogen) atoms. The van der Waals surface area contributed by atoms with Crippen LogP contribution < -0.4 is 0 Å². The molecule has 0 aromatic rings. The van der Waals surface area contributed by atoms with Crippen molar-refractivity contribution < 1.29 is 14.0 Å². The van der Waals surface area contributed by atoms with Crippen LogP contribution in [0.5, 0.6) is 0 Å². The zero-order chi connectivity index (χ0) is 11.6. The van der Waals surface area contributed by atoms with Gasteiger partial charge in [-0.1, -0.05) is 6.58 Å². The van der Waals surface area contributed by atoms with Gasteiger partial charge in [-0.05, 0) is 6.08 Å². The molecule has 1 atom stereocenters. The molecule has 1 aliphatic carbocycles. The molecule has 0 fully saturated rings. The lowest BCUT2D eigenvalue weighted by atomic mass is 9.98. The summed E-state index contributed by atoms with van der Waals surface area (Å²) in [4.78, 5) is 0. The van der Waals surface area contributed by atoms with Crippen LogP contribution in [-0.4, -0.2) is 45.9 Å². The van der Waals surface area contributed by atoms with Crippen molar-refractivity contribution in [2.45, 2.75) is 6.04 Å². The van der Waals surface area contributed by atoms with Gasteiger partial charge in [-0.3, -0.25) is 0 Å². The fraction of sp³-hybridized carbons (Fsp3) is 0.500. The summed E-state index contributed by atoms with van der Waals surface area (Å²) in [5.74, 6) is 1.69. The van der Waals surface area contributed by atoms with Crippen molar-refractivity contribution in [2.24, 2.45) is 0 Å². The van der Waals surface area contributed by atoms with Crippen molar-refractivity contribution in [3.63, 3.8) is 0 Å². The second-order valence-electron chi connectivity index (χ2n) is 4.60. The molecular formula is C12H20NO2+. The van der Waals surface area contributed by atoms with Gasteiger partial charge in [0.25, 0.3) is 0 Å². The maximum absolute atomic E-state index is 5.40. The molecule has 0 radical (unpaired) electrons. The molecule has 0 aliphatic heterocycles. The van der Waals surface area contributed by atoms with E-state index in [9.17, 15) is 0 Å². The van der Waals surface area contributed by atoms with Gasteiger partial charge in [-0.15, -0.1) is 0 Å². The Morgan fingerprint density at radius 1 is 1.13 bits per heavy atom. The Hall–Kier alpha value is -1.22. The summed E-state index contributed by atoms with van der Waals surface area (Å²) < 4.78 is 11.3. The van der Waals surface area contributed by atoms with Gasteiger partial charge >= 0.3 is 0 Å². The number of quaternary nitrogens is 1. The highest BCUT2D eigenvalue weighted by molar-refractivity contribution is 5.39. The SMILES string of the molecule is C=C1C=C(OC)C=C(OC)C1[N+](C)(C)C. The number of methoxy groups -OCH3 is 2. The number of allylic oxidation sites excluding steroid dienone is 1. The topological polar surface area (TPSA) is 18.5 Å². The second kappa shape index (κ2) is 4.11. The lowest BCUT2D eigenvalue weighted by molar-refractivity contribution is -0.886. The molecular weight excluding hydrogens is 190 g/mol. The first kappa shape index (κ1) is 11.9. The first-order valence-corrected chi connectivity index (χ1v) is 4.91. The molecule has 0 aromatic carbocycles. The number of likely N-dealkylation sites (N-methyl/N-ethyl adjacent to an activating group) is 1. The van der Waals surface area contributed by atoms with Crippen molar-refractivity contribution in [1.82, 2.24) is 0 Å². The van der Waals surface area contributed by atoms with E-state index in [0.29, 0.717) is 0 Å². The third-order valence-electron chi connectivity index (χ3n) is 2.48. The fourth-order valence-electron chi connectivity index (χ4n) is 1.87. The van der Waals surface area contributed by atoms with Gasteiger partial charge in [0.2, 0.25) is 0 Å². The first-order valence-electron chi connectivity index (χ1n) is 4.91. The maximum Gasteiger partial charge on any atom is 0.172 e. The number of hydrogen-bond acceptors (Lipinski definition) is 2. The van der Waals surface area contributed by atoms with Crippen LogP contribution in [-0.2, 0) is 9.47 Å². The Morgan fingerprint density at radius 2 is 1.73 bits per heavy atom. The van der Waals surface area contributed by atoms with Crippen LogP contribution >= 0.6 is 0 Å². The van der Waals surface area contributed by atoms with Crippen molar-refractivity contribution in [3.8, 4) is 0 Å². The van der Waals surface area contributed by atoms with E-state index in [1.54, 1.807) is 14.2 Å². The largest absolute Gasteiger partial charge is 0.497 e. The van der Waals surface area contributed by atoms with Gasteiger partial charge in [0.1, 0.15) is 5.76 Å². The molecule has 0 N–H and O–H groups in total. The molecule has 3 heteroatoms. The van der Waals surface area contributed by atoms with Crippen molar-refractivity contribution in [2.75, 3.05) is 35.4 Å². The molecule has 0 saturated heterocycles. The van der Waals surface area contributed by atoms with E-state index < -0.39 is 0 Å². The van der Waals surface area contributed by atoms with Crippen LogP contribution in [0.25, 0.3) is 0 Å². The molecule has 0 bridgehead atoms. The molecule has 1 rings (SSSR count). The number of hydrogen-bond donors (Lipinski definition) is 0. The highest BCUT2D eigenvalue weighted by atomic mass is 16.5. The highest BCUT2D eigenvalue weighted by Gasteiger charge is 2.33. The predicted molar refractivity (Wildman–Crippen MR) is 61.1 cm³/mol. The number of nitrogens with zero attached hydrogens (tertiary/aromatic N) is 1. The van der Waals surface area contributed by atoms with E-state index in [2.05, 4.69) is 27.7 Å². The summed E-state index contributed by atoms with van der Waals surface area (Å²) in [5.41, 5.74) is 1.01. The minimum atomic E-state index is 0.161. The quantitative estimate of drug-likeness (QED) is 0.660. The van der Waals surface area contributed by atoms with E-state index in [4.69, 9.17) is 9.47 Å². The van der Waals surface area contributed by atoms with Gasteiger partial charge in [0.15, 0.2) is 11.8 Å². The Balaban J connectivity index is 3.08. The summed E-state index contributed by atoms with van der Waals surface area (Å²) >= 11 is 0. The third kappa shape index (κ3) is 2.42. The summed E-state index contributed by atoms with van der Waals surface area (Å²) in [6, 6.07) is 0.161. The monoisotopic (exact) mass is 210 g/mol. The minimum absolute atomic E-state index is 0.161. The maximum atomic E-state index is 5.40. The van der Waals surface area contributed by atoms with E-state index in [1.165, 1.54) is 0 Å². The fourth-order valence-corrected chi connectivity index (χ4v) is 1.87. The minimum Gasteiger partial charge on any atom is -0.497 e. The molecule has 3 nitrogen and oxygen atoms in total. The lowest BCUT2D eigenvalue weighted by Crippen LogP contribution is -2.48. The molecule has 0 amide bonds. The predicted octanol–water partition coefficient (Wildman–Crippen LogP) is 1.69. The number of rotatable bonds is 3. The summed E-state index contributed by atoms with van der Waals surface area (Å²) in [6.45, 7) is 4.07. The van der Waals surface area contributed by atoms with Gasteiger partial charge < -0.3 is 14.0 Å². The van der Waals surface area contributed by atoms with E-state index in [1.807, 2.05) is 12.2 Å². The average Bonchev–Trinajstić information content (AvgIpc) is 2.14. The molecule has 0 saturated carbocycles. The van der Waals surface area contributed by atoms with Gasteiger partial charge in [-0.25, -0.2) is 0 Å². The van der Waals surface area contributed by atoms with Crippen molar-refractivity contribution in [3.05, 3.63) is 35.8 Å². The van der Waals surface area contributed by atoms with Crippen LogP contribution in [0.3, 0.4) is 0 Å². The highest BCUT2D eigenvalue weighted by Crippen LogP contribution is 2.28. The van der Waals surface area contributed by atoms with Crippen molar-refractivity contribution >= 4 is 0 Å². The van der Waals surface area contributed by atoms with Crippen LogP contribution in [0.15, 0.2) is 35.8 Å². The third-order valence-corrected chi connectivity index (χ3v) is 2.48. The van der Waals surface area contributed by atoms with Crippen LogP contribution in [0, 0.1) is 0 Å². The van der Waals surface area contributed by atoms with Crippen LogP contribution in [0.4, 0.5) is 0 Å². The van der Waals surface area contributed by atoms with E-state index >= 15 is 0 Å². The molecule has 84 valence electrons. The number of ether oxygens (including phenoxy) is 2. The van der Waals surface area contributed by atoms with E-state index in [0.717, 1.165) is 21.6 Å². The molecule has 1 unspecified atom stereocenters. The zero-order valence-corrected chi connectivity index (χ0v) is 10.2. The van der Waals surface area contributed by atoms with E-state index in [-0.39, 0.29) is 6.04 Å². The Morgan fingerprint density at radius 3 is 2.13 bits per heavy atom. The molecule has 0 aromatic heterocycles.